The number of nitrogens with zero attached hydrogens (tertiary/aromatic N) is 3. The van der Waals surface area contributed by atoms with Gasteiger partial charge in [0.15, 0.2) is 5.78 Å². The smallest absolute Gasteiger partial charge is 0.190 e. The molecule has 3 heterocycles. The van der Waals surface area contributed by atoms with E-state index in [0.717, 1.165) is 31.3 Å². The molecule has 0 bridgehead atoms. The average molecular weight is 401 g/mol. The second-order valence-corrected chi connectivity index (χ2v) is 6.99. The van der Waals surface area contributed by atoms with E-state index in [-0.39, 0.29) is 43.1 Å². The van der Waals surface area contributed by atoms with Gasteiger partial charge in [-0.05, 0) is 30.2 Å². The van der Waals surface area contributed by atoms with Crippen LogP contribution < -0.4 is 4.90 Å². The van der Waals surface area contributed by atoms with E-state index in [1.807, 2.05) is 6.07 Å². The molecule has 3 aromatic rings. The number of carbonyl (C=O) groups excluding carboxylic acids is 1. The largest absolute Gasteiger partial charge is 0.394 e. The first-order valence-electron chi connectivity index (χ1n) is 9.47. The molecule has 1 aliphatic rings. The van der Waals surface area contributed by atoms with Gasteiger partial charge in [0.05, 0.1) is 25.7 Å². The van der Waals surface area contributed by atoms with Gasteiger partial charge >= 0.3 is 0 Å². The molecule has 8 heteroatoms. The highest BCUT2D eigenvalue weighted by Crippen LogP contribution is 2.26. The van der Waals surface area contributed by atoms with Crippen molar-refractivity contribution < 1.29 is 23.4 Å². The molecule has 29 heavy (non-hydrogen) atoms. The number of carbonyl (C=O) groups is 1. The summed E-state index contributed by atoms with van der Waals surface area (Å²) in [5.41, 5.74) is 1.99. The van der Waals surface area contributed by atoms with Crippen molar-refractivity contribution in [3.63, 3.8) is 0 Å². The van der Waals surface area contributed by atoms with Crippen LogP contribution in [-0.2, 0) is 11.2 Å². The molecule has 0 amide bonds. The van der Waals surface area contributed by atoms with Gasteiger partial charge in [-0.2, -0.15) is 0 Å². The van der Waals surface area contributed by atoms with E-state index in [4.69, 9.17) is 9.84 Å². The highest BCUT2D eigenvalue weighted by Gasteiger charge is 2.21. The highest BCUT2D eigenvalue weighted by atomic mass is 19.1. The normalized spacial score (nSPS) is 13.7. The number of imidazole rings is 1. The molecule has 0 aliphatic carbocycles. The predicted molar refractivity (Wildman–Crippen MR) is 103 cm³/mol. The Morgan fingerprint density at radius 3 is 2.72 bits per heavy atom. The van der Waals surface area contributed by atoms with E-state index in [2.05, 4.69) is 9.88 Å². The third-order valence-electron chi connectivity index (χ3n) is 5.14. The van der Waals surface area contributed by atoms with Crippen molar-refractivity contribution in [2.24, 2.45) is 0 Å². The second kappa shape index (κ2) is 8.26. The number of fused-ring (bicyclic) bond motifs is 1. The number of hydrogen-bond acceptors (Lipinski definition) is 5. The van der Waals surface area contributed by atoms with Crippen LogP contribution in [0.3, 0.4) is 0 Å². The second-order valence-electron chi connectivity index (χ2n) is 6.99. The number of Topliss-reactive ketones (excluding diaryl/α,β-unsaturated/α-hetero) is 1. The summed E-state index contributed by atoms with van der Waals surface area (Å²) in [5.74, 6) is -1.41. The van der Waals surface area contributed by atoms with Crippen molar-refractivity contribution in [3.05, 3.63) is 65.2 Å². The van der Waals surface area contributed by atoms with Gasteiger partial charge in [-0.1, -0.05) is 6.07 Å². The summed E-state index contributed by atoms with van der Waals surface area (Å²) in [6.45, 7) is 1.31. The number of halogens is 2. The van der Waals surface area contributed by atoms with Crippen LogP contribution in [0.1, 0.15) is 28.0 Å². The van der Waals surface area contributed by atoms with Gasteiger partial charge in [-0.25, -0.2) is 13.8 Å². The topological polar surface area (TPSA) is 67.1 Å². The summed E-state index contributed by atoms with van der Waals surface area (Å²) >= 11 is 0. The minimum absolute atomic E-state index is 0.00344. The molecule has 0 radical (unpaired) electrons. The molecule has 152 valence electrons. The minimum atomic E-state index is -0.592. The zero-order valence-electron chi connectivity index (χ0n) is 15.8. The van der Waals surface area contributed by atoms with Crippen LogP contribution in [0.2, 0.25) is 0 Å². The Kier molecular flexibility index (Phi) is 5.55. The summed E-state index contributed by atoms with van der Waals surface area (Å²) in [6, 6.07) is 6.20. The Balaban J connectivity index is 1.70. The zero-order valence-corrected chi connectivity index (χ0v) is 15.8. The number of aliphatic hydroxyl groups is 1. The van der Waals surface area contributed by atoms with Crippen molar-refractivity contribution >= 4 is 17.0 Å². The maximum absolute atomic E-state index is 14.8. The first kappa shape index (κ1) is 19.5. The van der Waals surface area contributed by atoms with E-state index in [1.54, 1.807) is 6.07 Å². The third kappa shape index (κ3) is 3.86. The lowest BCUT2D eigenvalue weighted by Crippen LogP contribution is -2.37. The van der Waals surface area contributed by atoms with Crippen molar-refractivity contribution in [2.45, 2.75) is 12.8 Å². The lowest BCUT2D eigenvalue weighted by Gasteiger charge is -2.33. The first-order valence-corrected chi connectivity index (χ1v) is 9.47. The maximum Gasteiger partial charge on any atom is 0.190 e. The first-order chi connectivity index (χ1) is 14.1. The van der Waals surface area contributed by atoms with Crippen LogP contribution >= 0.6 is 0 Å². The van der Waals surface area contributed by atoms with Crippen LogP contribution in [0.15, 0.2) is 36.8 Å². The van der Waals surface area contributed by atoms with Gasteiger partial charge in [0.1, 0.15) is 23.8 Å². The number of pyridine rings is 1. The molecule has 1 fully saturated rings. The van der Waals surface area contributed by atoms with Gasteiger partial charge in [0, 0.05) is 36.5 Å². The Morgan fingerprint density at radius 1 is 1.21 bits per heavy atom. The average Bonchev–Trinajstić information content (AvgIpc) is 3.15. The van der Waals surface area contributed by atoms with Gasteiger partial charge in [-0.15, -0.1) is 0 Å². The number of anilines is 1. The van der Waals surface area contributed by atoms with E-state index in [9.17, 15) is 13.6 Å². The molecule has 1 aliphatic heterocycles. The van der Waals surface area contributed by atoms with E-state index in [1.165, 1.54) is 23.0 Å². The van der Waals surface area contributed by atoms with Crippen LogP contribution in [0, 0.1) is 11.6 Å². The molecule has 1 aromatic carbocycles. The number of ketones is 1. The summed E-state index contributed by atoms with van der Waals surface area (Å²) in [5, 5.41) is 8.82. The molecule has 0 spiro atoms. The van der Waals surface area contributed by atoms with Crippen LogP contribution in [-0.4, -0.2) is 53.2 Å². The summed E-state index contributed by atoms with van der Waals surface area (Å²) in [6.07, 6.45) is 3.96. The van der Waals surface area contributed by atoms with Crippen molar-refractivity contribution in [3.8, 4) is 0 Å². The lowest BCUT2D eigenvalue weighted by atomic mass is 10.0. The molecule has 1 N–H and O–H groups in total. The van der Waals surface area contributed by atoms with Gasteiger partial charge < -0.3 is 14.7 Å². The van der Waals surface area contributed by atoms with Crippen LogP contribution in [0.4, 0.5) is 14.5 Å². The molecule has 4 rings (SSSR count). The Hall–Kier alpha value is -2.84. The monoisotopic (exact) mass is 401 g/mol. The minimum Gasteiger partial charge on any atom is -0.394 e. The number of rotatable bonds is 8. The fraction of sp³-hybridized carbons (Fsp3) is 0.333. The van der Waals surface area contributed by atoms with E-state index >= 15 is 0 Å². The zero-order chi connectivity index (χ0) is 20.4. The Morgan fingerprint density at radius 2 is 2.03 bits per heavy atom. The standard InChI is InChI=1S/C21H21F2N3O3/c22-17-9-15(25-4-1-5-25)3-2-14(17)8-19-16(21(28)12-29-7-6-27)10-18(23)20-11-24-13-26(19)20/h2-3,9-11,13,27H,1,4-8,12H2. The van der Waals surface area contributed by atoms with E-state index < -0.39 is 11.6 Å². The maximum atomic E-state index is 14.8. The SMILES string of the molecule is O=C(COCCO)c1cc(F)c2cncn2c1Cc1ccc(N2CCC2)cc1F. The fourth-order valence-electron chi connectivity index (χ4n) is 3.46. The third-order valence-corrected chi connectivity index (χ3v) is 5.14. The molecule has 1 saturated heterocycles. The molecular formula is C21H21F2N3O3. The molecule has 2 aromatic heterocycles. The Bertz CT molecular complexity index is 1050. The molecule has 6 nitrogen and oxygen atoms in total. The van der Waals surface area contributed by atoms with E-state index in [0.29, 0.717) is 11.3 Å². The van der Waals surface area contributed by atoms with Gasteiger partial charge in [-0.3, -0.25) is 9.20 Å². The fourth-order valence-corrected chi connectivity index (χ4v) is 3.46. The summed E-state index contributed by atoms with van der Waals surface area (Å²) < 4.78 is 35.8. The number of ether oxygens (including phenoxy) is 1. The number of aromatic nitrogens is 2. The van der Waals surface area contributed by atoms with Crippen LogP contribution in [0.5, 0.6) is 0 Å². The summed E-state index contributed by atoms with van der Waals surface area (Å²) in [7, 11) is 0. The predicted octanol–water partition coefficient (Wildman–Crippen LogP) is 2.61. The van der Waals surface area contributed by atoms with Crippen molar-refractivity contribution in [1.82, 2.24) is 9.38 Å². The quantitative estimate of drug-likeness (QED) is 0.464. The molecule has 0 saturated carbocycles. The highest BCUT2D eigenvalue weighted by molar-refractivity contribution is 5.98. The number of benzene rings is 1. The molecule has 0 atom stereocenters. The summed E-state index contributed by atoms with van der Waals surface area (Å²) in [4.78, 5) is 18.7. The Labute approximate surface area is 166 Å². The number of hydrogen-bond donors (Lipinski definition) is 1. The molecular weight excluding hydrogens is 380 g/mol. The van der Waals surface area contributed by atoms with Crippen LogP contribution in [0.25, 0.3) is 5.52 Å². The van der Waals surface area contributed by atoms with Gasteiger partial charge in [0.2, 0.25) is 0 Å². The number of aliphatic hydroxyl groups excluding tert-OH is 1. The lowest BCUT2D eigenvalue weighted by molar-refractivity contribution is 0.0662. The van der Waals surface area contributed by atoms with Gasteiger partial charge in [0.25, 0.3) is 0 Å². The van der Waals surface area contributed by atoms with Crippen molar-refractivity contribution in [2.75, 3.05) is 37.8 Å². The van der Waals surface area contributed by atoms with Crippen molar-refractivity contribution in [1.29, 1.82) is 0 Å². The molecule has 0 unspecified atom stereocenters.